The van der Waals surface area contributed by atoms with Crippen LogP contribution in [0.1, 0.15) is 51.3 Å². The van der Waals surface area contributed by atoms with E-state index in [0.29, 0.717) is 16.7 Å². The minimum absolute atomic E-state index is 0.122. The standard InChI is InChI=1S/C25H26N2O4S/c1-17(2)27-32(30,31)21-8-6-7-19(15-21)16-26-25(29)23-10-5-4-9-22(23)24(28)20-13-11-18(3)12-14-20/h4-15,17,27H,16H2,1-3H3,(H,26,29). The van der Waals surface area contributed by atoms with E-state index >= 15 is 0 Å². The molecule has 0 fully saturated rings. The number of hydrogen-bond acceptors (Lipinski definition) is 4. The maximum Gasteiger partial charge on any atom is 0.252 e. The number of rotatable bonds is 8. The lowest BCUT2D eigenvalue weighted by molar-refractivity contribution is 0.0939. The average Bonchev–Trinajstić information content (AvgIpc) is 2.77. The summed E-state index contributed by atoms with van der Waals surface area (Å²) < 4.78 is 27.3. The van der Waals surface area contributed by atoms with Crippen molar-refractivity contribution in [2.24, 2.45) is 0 Å². The van der Waals surface area contributed by atoms with E-state index in [0.717, 1.165) is 5.56 Å². The normalized spacial score (nSPS) is 11.4. The molecule has 0 radical (unpaired) electrons. The fourth-order valence-electron chi connectivity index (χ4n) is 3.22. The van der Waals surface area contributed by atoms with Crippen LogP contribution >= 0.6 is 0 Å². The Bertz CT molecular complexity index is 1230. The highest BCUT2D eigenvalue weighted by molar-refractivity contribution is 7.89. The average molecular weight is 451 g/mol. The van der Waals surface area contributed by atoms with Gasteiger partial charge in [0.15, 0.2) is 5.78 Å². The van der Waals surface area contributed by atoms with Gasteiger partial charge in [0.05, 0.1) is 10.5 Å². The van der Waals surface area contributed by atoms with Crippen LogP contribution in [-0.4, -0.2) is 26.2 Å². The minimum atomic E-state index is -3.63. The Morgan fingerprint density at radius 2 is 1.53 bits per heavy atom. The Kier molecular flexibility index (Phi) is 7.22. The summed E-state index contributed by atoms with van der Waals surface area (Å²) in [4.78, 5) is 25.9. The summed E-state index contributed by atoms with van der Waals surface area (Å²) in [6, 6.07) is 20.0. The summed E-state index contributed by atoms with van der Waals surface area (Å²) >= 11 is 0. The van der Waals surface area contributed by atoms with Crippen LogP contribution in [0.5, 0.6) is 0 Å². The van der Waals surface area contributed by atoms with Crippen molar-refractivity contribution >= 4 is 21.7 Å². The number of amides is 1. The summed E-state index contributed by atoms with van der Waals surface area (Å²) in [5.41, 5.74) is 2.76. The number of sulfonamides is 1. The maximum atomic E-state index is 12.9. The minimum Gasteiger partial charge on any atom is -0.348 e. The van der Waals surface area contributed by atoms with Crippen LogP contribution in [0.2, 0.25) is 0 Å². The van der Waals surface area contributed by atoms with Gasteiger partial charge in [0.2, 0.25) is 10.0 Å². The van der Waals surface area contributed by atoms with E-state index in [1.165, 1.54) is 12.1 Å². The molecule has 0 bridgehead atoms. The van der Waals surface area contributed by atoms with Crippen LogP contribution in [0.15, 0.2) is 77.7 Å². The van der Waals surface area contributed by atoms with Gasteiger partial charge in [-0.15, -0.1) is 0 Å². The fourth-order valence-corrected chi connectivity index (χ4v) is 4.54. The Morgan fingerprint density at radius 3 is 2.19 bits per heavy atom. The smallest absolute Gasteiger partial charge is 0.252 e. The number of ketones is 1. The van der Waals surface area contributed by atoms with Gasteiger partial charge in [-0.05, 0) is 44.5 Å². The van der Waals surface area contributed by atoms with Crippen molar-refractivity contribution in [1.82, 2.24) is 10.0 Å². The highest BCUT2D eigenvalue weighted by Gasteiger charge is 2.19. The second-order valence-electron chi connectivity index (χ2n) is 7.85. The molecule has 3 aromatic rings. The highest BCUT2D eigenvalue weighted by Crippen LogP contribution is 2.17. The van der Waals surface area contributed by atoms with Gasteiger partial charge in [0.1, 0.15) is 0 Å². The van der Waals surface area contributed by atoms with E-state index in [1.807, 2.05) is 19.1 Å². The van der Waals surface area contributed by atoms with Gasteiger partial charge < -0.3 is 5.32 Å². The molecule has 0 atom stereocenters. The molecule has 0 aromatic heterocycles. The Balaban J connectivity index is 1.77. The number of carbonyl (C=O) groups excluding carboxylic acids is 2. The van der Waals surface area contributed by atoms with Crippen molar-refractivity contribution in [2.45, 2.75) is 38.3 Å². The molecule has 166 valence electrons. The molecule has 6 nitrogen and oxygen atoms in total. The topological polar surface area (TPSA) is 92.3 Å². The zero-order valence-corrected chi connectivity index (χ0v) is 19.1. The first-order chi connectivity index (χ1) is 15.2. The van der Waals surface area contributed by atoms with Crippen molar-refractivity contribution in [2.75, 3.05) is 0 Å². The quantitative estimate of drug-likeness (QED) is 0.510. The lowest BCUT2D eigenvalue weighted by Crippen LogP contribution is -2.30. The van der Waals surface area contributed by atoms with Crippen molar-refractivity contribution in [3.63, 3.8) is 0 Å². The van der Waals surface area contributed by atoms with Gasteiger partial charge in [-0.2, -0.15) is 0 Å². The number of benzene rings is 3. The first-order valence-electron chi connectivity index (χ1n) is 10.3. The van der Waals surface area contributed by atoms with Crippen molar-refractivity contribution < 1.29 is 18.0 Å². The predicted octanol–water partition coefficient (Wildman–Crippen LogP) is 3.84. The fraction of sp³-hybridized carbons (Fsp3) is 0.200. The van der Waals surface area contributed by atoms with Gasteiger partial charge >= 0.3 is 0 Å². The van der Waals surface area contributed by atoms with Crippen LogP contribution in [0.25, 0.3) is 0 Å². The van der Waals surface area contributed by atoms with Crippen LogP contribution in [0, 0.1) is 6.92 Å². The van der Waals surface area contributed by atoms with E-state index in [4.69, 9.17) is 0 Å². The summed E-state index contributed by atoms with van der Waals surface area (Å²) in [6.07, 6.45) is 0. The molecule has 0 aliphatic carbocycles. The molecule has 3 aromatic carbocycles. The van der Waals surface area contributed by atoms with Gasteiger partial charge in [0, 0.05) is 23.7 Å². The van der Waals surface area contributed by atoms with E-state index in [-0.39, 0.29) is 28.8 Å². The van der Waals surface area contributed by atoms with Crippen molar-refractivity contribution in [1.29, 1.82) is 0 Å². The summed E-state index contributed by atoms with van der Waals surface area (Å²) in [5.74, 6) is -0.641. The molecule has 0 unspecified atom stereocenters. The molecule has 3 rings (SSSR count). The molecule has 32 heavy (non-hydrogen) atoms. The number of nitrogens with one attached hydrogen (secondary N) is 2. The third-order valence-electron chi connectivity index (χ3n) is 4.78. The van der Waals surface area contributed by atoms with E-state index in [1.54, 1.807) is 62.4 Å². The summed E-state index contributed by atoms with van der Waals surface area (Å²) in [5, 5.41) is 2.78. The molecule has 0 aliphatic rings. The summed E-state index contributed by atoms with van der Waals surface area (Å²) in [7, 11) is -3.63. The largest absolute Gasteiger partial charge is 0.348 e. The third-order valence-corrected chi connectivity index (χ3v) is 6.44. The Morgan fingerprint density at radius 1 is 0.875 bits per heavy atom. The number of aryl methyl sites for hydroxylation is 1. The van der Waals surface area contributed by atoms with Crippen molar-refractivity contribution in [3.05, 3.63) is 101 Å². The lowest BCUT2D eigenvalue weighted by atomic mass is 9.97. The number of carbonyl (C=O) groups is 2. The van der Waals surface area contributed by atoms with Gasteiger partial charge in [-0.25, -0.2) is 13.1 Å². The summed E-state index contributed by atoms with van der Waals surface area (Å²) in [6.45, 7) is 5.56. The first-order valence-corrected chi connectivity index (χ1v) is 11.8. The Hall–Kier alpha value is -3.29. The molecule has 1 amide bonds. The van der Waals surface area contributed by atoms with Crippen LogP contribution < -0.4 is 10.0 Å². The number of hydrogen-bond donors (Lipinski definition) is 2. The first kappa shape index (κ1) is 23.4. The van der Waals surface area contributed by atoms with Gasteiger partial charge in [-0.3, -0.25) is 9.59 Å². The predicted molar refractivity (Wildman–Crippen MR) is 124 cm³/mol. The maximum absolute atomic E-state index is 12.9. The Labute approximate surface area is 188 Å². The molecule has 7 heteroatoms. The zero-order chi connectivity index (χ0) is 23.3. The van der Waals surface area contributed by atoms with E-state index < -0.39 is 15.9 Å². The van der Waals surface area contributed by atoms with Crippen molar-refractivity contribution in [3.8, 4) is 0 Å². The molecule has 0 heterocycles. The molecular formula is C25H26N2O4S. The van der Waals surface area contributed by atoms with E-state index in [2.05, 4.69) is 10.0 Å². The van der Waals surface area contributed by atoms with Crippen LogP contribution in [0.3, 0.4) is 0 Å². The van der Waals surface area contributed by atoms with E-state index in [9.17, 15) is 18.0 Å². The molecule has 0 saturated heterocycles. The highest BCUT2D eigenvalue weighted by atomic mass is 32.2. The van der Waals surface area contributed by atoms with Gasteiger partial charge in [0.25, 0.3) is 5.91 Å². The lowest BCUT2D eigenvalue weighted by Gasteiger charge is -2.12. The molecule has 0 aliphatic heterocycles. The monoisotopic (exact) mass is 450 g/mol. The van der Waals surface area contributed by atoms with Gasteiger partial charge in [-0.1, -0.05) is 60.2 Å². The molecular weight excluding hydrogens is 424 g/mol. The van der Waals surface area contributed by atoms with Crippen LogP contribution in [-0.2, 0) is 16.6 Å². The van der Waals surface area contributed by atoms with Crippen LogP contribution in [0.4, 0.5) is 0 Å². The SMILES string of the molecule is Cc1ccc(C(=O)c2ccccc2C(=O)NCc2cccc(S(=O)(=O)NC(C)C)c2)cc1. The third kappa shape index (κ3) is 5.69. The zero-order valence-electron chi connectivity index (χ0n) is 18.3. The molecule has 2 N–H and O–H groups in total. The molecule has 0 spiro atoms. The molecule has 0 saturated carbocycles. The second kappa shape index (κ2) is 9.89. The second-order valence-corrected chi connectivity index (χ2v) is 9.56.